The van der Waals surface area contributed by atoms with E-state index >= 15 is 0 Å². The van der Waals surface area contributed by atoms with Crippen molar-refractivity contribution in [2.24, 2.45) is 0 Å². The van der Waals surface area contributed by atoms with E-state index in [1.165, 1.54) is 0 Å². The Morgan fingerprint density at radius 1 is 1.61 bits per heavy atom. The first-order valence-corrected chi connectivity index (χ1v) is 5.97. The van der Waals surface area contributed by atoms with E-state index in [1.807, 2.05) is 11.0 Å². The van der Waals surface area contributed by atoms with Gasteiger partial charge >= 0.3 is 0 Å². The molecule has 18 heavy (non-hydrogen) atoms. The quantitative estimate of drug-likeness (QED) is 0.512. The summed E-state index contributed by atoms with van der Waals surface area (Å²) in [5.41, 5.74) is 0.970. The molecule has 0 amide bonds. The van der Waals surface area contributed by atoms with Gasteiger partial charge in [0.2, 0.25) is 0 Å². The number of rotatable bonds is 3. The summed E-state index contributed by atoms with van der Waals surface area (Å²) < 4.78 is 0. The minimum Gasteiger partial charge on any atom is -0.367 e. The number of hydrogen-bond acceptors (Lipinski definition) is 5. The van der Waals surface area contributed by atoms with Crippen molar-refractivity contribution in [3.05, 3.63) is 51.2 Å². The molecule has 0 unspecified atom stereocenters. The molecule has 1 aliphatic rings. The summed E-state index contributed by atoms with van der Waals surface area (Å²) in [5.74, 6) is 0.543. The Morgan fingerprint density at radius 2 is 2.44 bits per heavy atom. The third-order valence-corrected chi connectivity index (χ3v) is 2.86. The lowest BCUT2D eigenvalue weighted by Crippen LogP contribution is -2.39. The van der Waals surface area contributed by atoms with Gasteiger partial charge in [-0.05, 0) is 18.1 Å². The molecule has 96 valence electrons. The number of hydrogen-bond donors (Lipinski definition) is 1. The van der Waals surface area contributed by atoms with Crippen molar-refractivity contribution in [2.45, 2.75) is 13.0 Å². The number of nitro groups is 1. The summed E-state index contributed by atoms with van der Waals surface area (Å²) in [7, 11) is 0. The molecule has 0 atom stereocenters. The van der Waals surface area contributed by atoms with Crippen LogP contribution in [0.4, 0.5) is 0 Å². The van der Waals surface area contributed by atoms with Crippen molar-refractivity contribution in [3.8, 4) is 0 Å². The number of pyridine rings is 1. The van der Waals surface area contributed by atoms with E-state index in [0.29, 0.717) is 17.5 Å². The van der Waals surface area contributed by atoms with E-state index in [2.05, 4.69) is 10.3 Å². The second kappa shape index (κ2) is 5.68. The first-order valence-electron chi connectivity index (χ1n) is 5.60. The van der Waals surface area contributed by atoms with E-state index in [4.69, 9.17) is 11.6 Å². The molecule has 1 aromatic heterocycles. The molecule has 7 heteroatoms. The molecule has 2 rings (SSSR count). The summed E-state index contributed by atoms with van der Waals surface area (Å²) in [6, 6.07) is 3.58. The van der Waals surface area contributed by atoms with E-state index < -0.39 is 4.92 Å². The lowest BCUT2D eigenvalue weighted by molar-refractivity contribution is -0.405. The molecular formula is C11H13ClN4O2. The molecule has 0 bridgehead atoms. The van der Waals surface area contributed by atoms with Crippen molar-refractivity contribution < 1.29 is 4.92 Å². The average Bonchev–Trinajstić information content (AvgIpc) is 2.34. The van der Waals surface area contributed by atoms with Crippen LogP contribution in [0, 0.1) is 10.1 Å². The molecule has 1 aliphatic heterocycles. The standard InChI is InChI=1S/C11H13ClN4O2/c12-10-3-2-9(6-14-10)7-15-5-1-4-13-11(15)8-16(17)18/h2-3,6,8,13H,1,4-5,7H2. The van der Waals surface area contributed by atoms with Crippen molar-refractivity contribution in [1.29, 1.82) is 0 Å². The summed E-state index contributed by atoms with van der Waals surface area (Å²) >= 11 is 5.71. The van der Waals surface area contributed by atoms with Crippen molar-refractivity contribution >= 4 is 11.6 Å². The first kappa shape index (κ1) is 12.6. The van der Waals surface area contributed by atoms with Gasteiger partial charge in [0.25, 0.3) is 6.20 Å². The van der Waals surface area contributed by atoms with Crippen LogP contribution in [0.1, 0.15) is 12.0 Å². The van der Waals surface area contributed by atoms with Crippen LogP contribution in [0.25, 0.3) is 0 Å². The summed E-state index contributed by atoms with van der Waals surface area (Å²) in [4.78, 5) is 16.0. The smallest absolute Gasteiger partial charge is 0.274 e. The molecule has 2 heterocycles. The molecule has 0 saturated carbocycles. The SMILES string of the molecule is O=[N+]([O-])C=C1NCCCN1Cc1ccc(Cl)nc1. The molecule has 0 aromatic carbocycles. The van der Waals surface area contributed by atoms with Crippen molar-refractivity contribution in [3.63, 3.8) is 0 Å². The molecule has 0 radical (unpaired) electrons. The molecular weight excluding hydrogens is 256 g/mol. The maximum absolute atomic E-state index is 10.5. The maximum Gasteiger partial charge on any atom is 0.274 e. The zero-order valence-electron chi connectivity index (χ0n) is 9.67. The summed E-state index contributed by atoms with van der Waals surface area (Å²) in [6.07, 6.45) is 3.64. The van der Waals surface area contributed by atoms with E-state index in [0.717, 1.165) is 31.3 Å². The Balaban J connectivity index is 2.10. The van der Waals surface area contributed by atoms with E-state index in [9.17, 15) is 10.1 Å². The first-order chi connectivity index (χ1) is 8.65. The minimum atomic E-state index is -0.444. The Labute approximate surface area is 109 Å². The normalized spacial score (nSPS) is 17.6. The van der Waals surface area contributed by atoms with Crippen LogP contribution in [0.2, 0.25) is 5.15 Å². The van der Waals surface area contributed by atoms with Gasteiger partial charge in [-0.25, -0.2) is 4.98 Å². The number of aromatic nitrogens is 1. The highest BCUT2D eigenvalue weighted by molar-refractivity contribution is 6.29. The monoisotopic (exact) mass is 268 g/mol. The van der Waals surface area contributed by atoms with Crippen LogP contribution in [0.3, 0.4) is 0 Å². The third-order valence-electron chi connectivity index (χ3n) is 2.64. The highest BCUT2D eigenvalue weighted by Gasteiger charge is 2.17. The second-order valence-corrected chi connectivity index (χ2v) is 4.38. The van der Waals surface area contributed by atoms with Crippen LogP contribution in [0.15, 0.2) is 30.4 Å². The van der Waals surface area contributed by atoms with Gasteiger partial charge < -0.3 is 10.2 Å². The Hall–Kier alpha value is -1.82. The highest BCUT2D eigenvalue weighted by Crippen LogP contribution is 2.14. The topological polar surface area (TPSA) is 71.3 Å². The van der Waals surface area contributed by atoms with Crippen LogP contribution in [-0.2, 0) is 6.54 Å². The average molecular weight is 269 g/mol. The largest absolute Gasteiger partial charge is 0.367 e. The molecule has 0 spiro atoms. The van der Waals surface area contributed by atoms with Gasteiger partial charge in [-0.3, -0.25) is 10.1 Å². The number of halogens is 1. The fourth-order valence-corrected chi connectivity index (χ4v) is 1.94. The van der Waals surface area contributed by atoms with E-state index in [-0.39, 0.29) is 0 Å². The Morgan fingerprint density at radius 3 is 3.11 bits per heavy atom. The van der Waals surface area contributed by atoms with Gasteiger partial charge in [-0.15, -0.1) is 0 Å². The summed E-state index contributed by atoms with van der Waals surface area (Å²) in [5, 5.41) is 14.0. The fourth-order valence-electron chi connectivity index (χ4n) is 1.83. The summed E-state index contributed by atoms with van der Waals surface area (Å²) in [6.45, 7) is 2.13. The third kappa shape index (κ3) is 3.33. The maximum atomic E-state index is 10.5. The van der Waals surface area contributed by atoms with Gasteiger partial charge in [-0.2, -0.15) is 0 Å². The van der Waals surface area contributed by atoms with Gasteiger partial charge in [-0.1, -0.05) is 17.7 Å². The predicted molar refractivity (Wildman–Crippen MR) is 67.4 cm³/mol. The van der Waals surface area contributed by atoms with Crippen molar-refractivity contribution in [2.75, 3.05) is 13.1 Å². The fraction of sp³-hybridized carbons (Fsp3) is 0.364. The van der Waals surface area contributed by atoms with Gasteiger partial charge in [0, 0.05) is 25.8 Å². The lowest BCUT2D eigenvalue weighted by Gasteiger charge is -2.30. The van der Waals surface area contributed by atoms with Gasteiger partial charge in [0.05, 0.1) is 4.92 Å². The van der Waals surface area contributed by atoms with Crippen molar-refractivity contribution in [1.82, 2.24) is 15.2 Å². The van der Waals surface area contributed by atoms with Crippen LogP contribution in [0.5, 0.6) is 0 Å². The number of nitrogens with one attached hydrogen (secondary N) is 1. The van der Waals surface area contributed by atoms with Gasteiger partial charge in [0.1, 0.15) is 5.15 Å². The van der Waals surface area contributed by atoms with Crippen LogP contribution < -0.4 is 5.32 Å². The second-order valence-electron chi connectivity index (χ2n) is 3.99. The Bertz CT molecular complexity index is 461. The van der Waals surface area contributed by atoms with E-state index in [1.54, 1.807) is 12.3 Å². The Kier molecular flexibility index (Phi) is 3.99. The number of nitrogens with zero attached hydrogens (tertiary/aromatic N) is 3. The van der Waals surface area contributed by atoms with Crippen LogP contribution >= 0.6 is 11.6 Å². The molecule has 1 fully saturated rings. The highest BCUT2D eigenvalue weighted by atomic mass is 35.5. The molecule has 1 aromatic rings. The predicted octanol–water partition coefficient (Wildman–Crippen LogP) is 1.61. The molecule has 0 aliphatic carbocycles. The minimum absolute atomic E-state index is 0.441. The zero-order valence-corrected chi connectivity index (χ0v) is 10.4. The zero-order chi connectivity index (χ0) is 13.0. The molecule has 6 nitrogen and oxygen atoms in total. The molecule has 1 saturated heterocycles. The van der Waals surface area contributed by atoms with Crippen LogP contribution in [-0.4, -0.2) is 27.9 Å². The lowest BCUT2D eigenvalue weighted by atomic mass is 10.2. The molecule has 1 N–H and O–H groups in total. The van der Waals surface area contributed by atoms with Gasteiger partial charge in [0.15, 0.2) is 5.82 Å².